The van der Waals surface area contributed by atoms with Gasteiger partial charge in [-0.15, -0.1) is 24.0 Å². The van der Waals surface area contributed by atoms with Crippen molar-refractivity contribution in [1.29, 1.82) is 0 Å². The molecule has 0 radical (unpaired) electrons. The van der Waals surface area contributed by atoms with Crippen LogP contribution in [0.2, 0.25) is 0 Å². The van der Waals surface area contributed by atoms with Crippen LogP contribution < -0.4 is 15.4 Å². The molecule has 3 rings (SSSR count). The van der Waals surface area contributed by atoms with Crippen LogP contribution in [0.3, 0.4) is 0 Å². The van der Waals surface area contributed by atoms with E-state index < -0.39 is 0 Å². The number of aliphatic imine (C=N–C) groups is 1. The highest BCUT2D eigenvalue weighted by Gasteiger charge is 2.22. The molecule has 1 aliphatic heterocycles. The summed E-state index contributed by atoms with van der Waals surface area (Å²) in [7, 11) is 5.11. The van der Waals surface area contributed by atoms with E-state index in [0.29, 0.717) is 19.8 Å². The first kappa shape index (κ1) is 25.3. The van der Waals surface area contributed by atoms with Crippen LogP contribution in [0.15, 0.2) is 29.3 Å². The van der Waals surface area contributed by atoms with Gasteiger partial charge in [-0.05, 0) is 30.5 Å². The summed E-state index contributed by atoms with van der Waals surface area (Å²) in [5.41, 5.74) is 1.14. The number of guanidine groups is 1. The van der Waals surface area contributed by atoms with Crippen LogP contribution in [0.4, 0.5) is 0 Å². The zero-order valence-corrected chi connectivity index (χ0v) is 20.8. The van der Waals surface area contributed by atoms with Crippen molar-refractivity contribution >= 4 is 29.9 Å². The Labute approximate surface area is 201 Å². The van der Waals surface area contributed by atoms with Gasteiger partial charge in [-0.25, -0.2) is 9.67 Å². The highest BCUT2D eigenvalue weighted by atomic mass is 127. The van der Waals surface area contributed by atoms with Crippen molar-refractivity contribution in [3.63, 3.8) is 0 Å². The summed E-state index contributed by atoms with van der Waals surface area (Å²) in [5.74, 6) is 3.42. The first-order valence-corrected chi connectivity index (χ1v) is 10.3. The van der Waals surface area contributed by atoms with E-state index in [2.05, 4.69) is 25.7 Å². The predicted molar refractivity (Wildman–Crippen MR) is 130 cm³/mol. The Kier molecular flexibility index (Phi) is 11.0. The van der Waals surface area contributed by atoms with Crippen LogP contribution >= 0.6 is 24.0 Å². The number of methoxy groups -OCH3 is 2. The maximum absolute atomic E-state index is 5.75. The average Bonchev–Trinajstić information content (AvgIpc) is 3.17. The van der Waals surface area contributed by atoms with Crippen LogP contribution in [-0.4, -0.2) is 61.2 Å². The van der Waals surface area contributed by atoms with Crippen LogP contribution in [0, 0.1) is 0 Å². The first-order valence-electron chi connectivity index (χ1n) is 10.3. The van der Waals surface area contributed by atoms with E-state index in [1.165, 1.54) is 0 Å². The number of nitrogens with one attached hydrogen (secondary N) is 2. The summed E-state index contributed by atoms with van der Waals surface area (Å²) in [5, 5.41) is 11.3. The Hall–Kier alpha value is -1.92. The number of hydrogen-bond donors (Lipinski definition) is 2. The summed E-state index contributed by atoms with van der Waals surface area (Å²) in [6.45, 7) is 3.30. The summed E-state index contributed by atoms with van der Waals surface area (Å²) in [6.07, 6.45) is 2.79. The molecular weight excluding hydrogens is 511 g/mol. The van der Waals surface area contributed by atoms with Crippen molar-refractivity contribution in [2.75, 3.05) is 34.4 Å². The second-order valence-electron chi connectivity index (χ2n) is 7.19. The van der Waals surface area contributed by atoms with E-state index in [1.807, 2.05) is 28.9 Å². The van der Waals surface area contributed by atoms with Crippen LogP contribution in [0.1, 0.15) is 30.1 Å². The third-order valence-corrected chi connectivity index (χ3v) is 4.93. The van der Waals surface area contributed by atoms with E-state index in [9.17, 15) is 0 Å². The minimum absolute atomic E-state index is 0. The lowest BCUT2D eigenvalue weighted by Gasteiger charge is -2.25. The number of aromatic nitrogens is 3. The van der Waals surface area contributed by atoms with E-state index in [-0.39, 0.29) is 30.0 Å². The predicted octanol–water partition coefficient (Wildman–Crippen LogP) is 2.14. The number of ether oxygens (including phenoxy) is 3. The molecule has 1 aromatic carbocycles. The van der Waals surface area contributed by atoms with Gasteiger partial charge in [0.25, 0.3) is 0 Å². The SMILES string of the molecule is CN=C(NCCCOCc1ccc(OC)cc1)NC1CCc2nc(COC)nn2C1.I. The fourth-order valence-electron chi connectivity index (χ4n) is 3.35. The molecule has 0 amide bonds. The van der Waals surface area contributed by atoms with Crippen molar-refractivity contribution in [2.45, 2.75) is 45.1 Å². The summed E-state index contributed by atoms with van der Waals surface area (Å²) in [6, 6.07) is 8.20. The monoisotopic (exact) mass is 544 g/mol. The first-order chi connectivity index (χ1) is 14.7. The Morgan fingerprint density at radius 1 is 1.23 bits per heavy atom. The summed E-state index contributed by atoms with van der Waals surface area (Å²) < 4.78 is 18.0. The maximum Gasteiger partial charge on any atom is 0.191 e. The zero-order chi connectivity index (χ0) is 21.2. The van der Waals surface area contributed by atoms with Crippen molar-refractivity contribution in [1.82, 2.24) is 25.4 Å². The van der Waals surface area contributed by atoms with E-state index >= 15 is 0 Å². The van der Waals surface area contributed by atoms with Gasteiger partial charge in [-0.2, -0.15) is 5.10 Å². The third kappa shape index (κ3) is 7.93. The molecule has 0 fully saturated rings. The molecule has 2 heterocycles. The van der Waals surface area contributed by atoms with Gasteiger partial charge in [0.1, 0.15) is 18.2 Å². The third-order valence-electron chi connectivity index (χ3n) is 4.93. The molecule has 172 valence electrons. The lowest BCUT2D eigenvalue weighted by atomic mass is 10.1. The molecule has 9 nitrogen and oxygen atoms in total. The largest absolute Gasteiger partial charge is 0.497 e. The van der Waals surface area contributed by atoms with Gasteiger partial charge in [-0.3, -0.25) is 4.99 Å². The molecule has 0 bridgehead atoms. The highest BCUT2D eigenvalue weighted by Crippen LogP contribution is 2.14. The molecule has 1 aromatic heterocycles. The van der Waals surface area contributed by atoms with Crippen molar-refractivity contribution in [3.05, 3.63) is 41.5 Å². The minimum atomic E-state index is 0. The van der Waals surface area contributed by atoms with Gasteiger partial charge >= 0.3 is 0 Å². The topological polar surface area (TPSA) is 94.8 Å². The van der Waals surface area contributed by atoms with Gasteiger partial charge in [0.15, 0.2) is 11.8 Å². The fraction of sp³-hybridized carbons (Fsp3) is 0.571. The number of hydrogen-bond acceptors (Lipinski definition) is 6. The standard InChI is InChI=1S/C21H32N6O3.HI/c1-22-21(23-11-4-12-30-14-16-5-8-18(29-3)9-6-16)24-17-7-10-20-25-19(15-28-2)26-27(20)13-17;/h5-6,8-9,17H,4,7,10-15H2,1-3H3,(H2,22,23,24);1H. The number of rotatable bonds is 10. The fourth-order valence-corrected chi connectivity index (χ4v) is 3.35. The smallest absolute Gasteiger partial charge is 0.191 e. The second-order valence-corrected chi connectivity index (χ2v) is 7.19. The lowest BCUT2D eigenvalue weighted by molar-refractivity contribution is 0.119. The van der Waals surface area contributed by atoms with Gasteiger partial charge < -0.3 is 24.8 Å². The number of benzene rings is 1. The molecule has 2 aromatic rings. The van der Waals surface area contributed by atoms with Crippen LogP contribution in [0.25, 0.3) is 0 Å². The van der Waals surface area contributed by atoms with Crippen LogP contribution in [-0.2, 0) is 35.7 Å². The molecule has 0 spiro atoms. The molecule has 1 unspecified atom stereocenters. The number of fused-ring (bicyclic) bond motifs is 1. The molecule has 31 heavy (non-hydrogen) atoms. The Balaban J connectivity index is 0.00000341. The summed E-state index contributed by atoms with van der Waals surface area (Å²) in [4.78, 5) is 8.85. The van der Waals surface area contributed by atoms with Crippen molar-refractivity contribution in [2.24, 2.45) is 4.99 Å². The number of nitrogens with zero attached hydrogens (tertiary/aromatic N) is 4. The molecule has 1 atom stereocenters. The summed E-state index contributed by atoms with van der Waals surface area (Å²) >= 11 is 0. The molecular formula is C21H33IN6O3. The van der Waals surface area contributed by atoms with Gasteiger partial charge in [-0.1, -0.05) is 12.1 Å². The Bertz CT molecular complexity index is 812. The van der Waals surface area contributed by atoms with Gasteiger partial charge in [0.05, 0.1) is 20.3 Å². The second kappa shape index (κ2) is 13.5. The molecule has 10 heteroatoms. The number of aryl methyl sites for hydroxylation is 1. The molecule has 2 N–H and O–H groups in total. The van der Waals surface area contributed by atoms with Gasteiger partial charge in [0, 0.05) is 39.8 Å². The molecule has 0 saturated carbocycles. The quantitative estimate of drug-likeness (QED) is 0.205. The lowest BCUT2D eigenvalue weighted by Crippen LogP contribution is -2.47. The molecule has 1 aliphatic rings. The normalized spacial score (nSPS) is 15.7. The zero-order valence-electron chi connectivity index (χ0n) is 18.5. The van der Waals surface area contributed by atoms with Crippen molar-refractivity contribution in [3.8, 4) is 5.75 Å². The molecule has 0 aliphatic carbocycles. The van der Waals surface area contributed by atoms with Crippen LogP contribution in [0.5, 0.6) is 5.75 Å². The average molecular weight is 544 g/mol. The van der Waals surface area contributed by atoms with E-state index in [4.69, 9.17) is 14.2 Å². The Morgan fingerprint density at radius 2 is 2.03 bits per heavy atom. The maximum atomic E-state index is 5.75. The molecule has 0 saturated heterocycles. The van der Waals surface area contributed by atoms with Crippen molar-refractivity contribution < 1.29 is 14.2 Å². The van der Waals surface area contributed by atoms with E-state index in [0.717, 1.165) is 61.3 Å². The van der Waals surface area contributed by atoms with E-state index in [1.54, 1.807) is 21.3 Å². The number of halogens is 1. The highest BCUT2D eigenvalue weighted by molar-refractivity contribution is 14.0. The van der Waals surface area contributed by atoms with Gasteiger partial charge in [0.2, 0.25) is 0 Å². The Morgan fingerprint density at radius 3 is 2.74 bits per heavy atom. The minimum Gasteiger partial charge on any atom is -0.497 e.